The second-order valence-corrected chi connectivity index (χ2v) is 10.5. The van der Waals surface area contributed by atoms with Crippen LogP contribution >= 0.6 is 21.6 Å². The molecule has 8 nitrogen and oxygen atoms in total. The van der Waals surface area contributed by atoms with E-state index in [0.717, 1.165) is 0 Å². The van der Waals surface area contributed by atoms with Crippen molar-refractivity contribution in [3.63, 3.8) is 0 Å². The summed E-state index contributed by atoms with van der Waals surface area (Å²) in [7, 11) is 2.94. The van der Waals surface area contributed by atoms with Crippen molar-refractivity contribution in [3.05, 3.63) is 104 Å². The first-order valence-corrected chi connectivity index (χ1v) is 14.2. The summed E-state index contributed by atoms with van der Waals surface area (Å²) in [5.74, 6) is 0.788. The number of hydrogen-bond donors (Lipinski definition) is 0. The Balaban J connectivity index is 1.50. The van der Waals surface area contributed by atoms with Gasteiger partial charge in [-0.05, 0) is 53.6 Å². The summed E-state index contributed by atoms with van der Waals surface area (Å²) in [6.45, 7) is 12.4. The molecule has 38 heavy (non-hydrogen) atoms. The fourth-order valence-corrected chi connectivity index (χ4v) is 6.16. The number of amides is 2. The fourth-order valence-electron chi connectivity index (χ4n) is 3.73. The molecular weight excluding hydrogens is 516 g/mol. The van der Waals surface area contributed by atoms with Crippen LogP contribution in [0, 0.1) is 12.8 Å². The van der Waals surface area contributed by atoms with Crippen molar-refractivity contribution in [2.45, 2.75) is 6.42 Å². The molecular formula is C28H27N6O2S2. The molecule has 2 aromatic heterocycles. The van der Waals surface area contributed by atoms with Crippen LogP contribution in [0.15, 0.2) is 95.5 Å². The zero-order chi connectivity index (χ0) is 26.9. The molecule has 0 saturated carbocycles. The lowest BCUT2D eigenvalue weighted by Crippen LogP contribution is -2.37. The highest BCUT2D eigenvalue weighted by Gasteiger charge is 2.34. The van der Waals surface area contributed by atoms with Crippen molar-refractivity contribution in [1.82, 2.24) is 19.8 Å². The van der Waals surface area contributed by atoms with E-state index in [1.54, 1.807) is 46.5 Å². The van der Waals surface area contributed by atoms with E-state index in [1.165, 1.54) is 21.6 Å². The third-order valence-corrected chi connectivity index (χ3v) is 7.90. The van der Waals surface area contributed by atoms with Crippen molar-refractivity contribution in [1.29, 1.82) is 0 Å². The number of rotatable bonds is 11. The maximum absolute atomic E-state index is 13.1. The van der Waals surface area contributed by atoms with Crippen LogP contribution in [0.3, 0.4) is 0 Å². The van der Waals surface area contributed by atoms with Crippen LogP contribution in [0.1, 0.15) is 17.8 Å². The van der Waals surface area contributed by atoms with E-state index in [2.05, 4.69) is 40.0 Å². The SMILES string of the molecule is [CH2]CC(CSSC1=N/C(=C\c2ccccn2)C(=O)N1CC=C)C1=N/C(=C\c2ccccn2)C(=O)N1CC=C. The van der Waals surface area contributed by atoms with Gasteiger partial charge in [0.15, 0.2) is 5.17 Å². The monoisotopic (exact) mass is 543 g/mol. The molecule has 0 bridgehead atoms. The third-order valence-electron chi connectivity index (χ3n) is 5.57. The highest BCUT2D eigenvalue weighted by Crippen LogP contribution is 2.34. The summed E-state index contributed by atoms with van der Waals surface area (Å²) < 4.78 is 0. The zero-order valence-electron chi connectivity index (χ0n) is 20.8. The second-order valence-electron chi connectivity index (χ2n) is 8.20. The van der Waals surface area contributed by atoms with Crippen LogP contribution in [0.5, 0.6) is 0 Å². The van der Waals surface area contributed by atoms with Gasteiger partial charge in [0.2, 0.25) is 0 Å². The molecule has 0 spiro atoms. The zero-order valence-corrected chi connectivity index (χ0v) is 22.4. The fraction of sp³-hybridized carbons (Fsp3) is 0.179. The standard InChI is InChI=1S/C28H27N6O2S2/c1-4-15-33-25(31-23(26(33)35)17-21-11-7-9-13-29-21)20(6-3)19-37-38-28-32-24(27(36)34(28)16-5-2)18-22-12-8-10-14-30-22/h4-5,7-14,17-18,20H,1-3,6,15-16,19H2/b23-17-,24-18-. The van der Waals surface area contributed by atoms with Crippen molar-refractivity contribution in [2.24, 2.45) is 15.9 Å². The molecule has 0 saturated heterocycles. The molecule has 0 N–H and O–H groups in total. The predicted octanol–water partition coefficient (Wildman–Crippen LogP) is 4.89. The van der Waals surface area contributed by atoms with Crippen LogP contribution in [0.4, 0.5) is 0 Å². The summed E-state index contributed by atoms with van der Waals surface area (Å²) >= 11 is 0. The molecule has 1 radical (unpaired) electrons. The number of carbonyl (C=O) groups excluding carboxylic acids is 2. The Hall–Kier alpha value is -3.76. The molecule has 1 unspecified atom stereocenters. The average molecular weight is 544 g/mol. The van der Waals surface area contributed by atoms with E-state index >= 15 is 0 Å². The number of aliphatic imine (C=N–C) groups is 2. The van der Waals surface area contributed by atoms with E-state index in [0.29, 0.717) is 59.0 Å². The smallest absolute Gasteiger partial charge is 0.278 e. The Kier molecular flexibility index (Phi) is 9.45. The van der Waals surface area contributed by atoms with Gasteiger partial charge in [-0.2, -0.15) is 0 Å². The van der Waals surface area contributed by atoms with Gasteiger partial charge in [0.25, 0.3) is 11.8 Å². The van der Waals surface area contributed by atoms with E-state index in [9.17, 15) is 9.59 Å². The summed E-state index contributed by atoms with van der Waals surface area (Å²) in [4.78, 5) is 47.1. The summed E-state index contributed by atoms with van der Waals surface area (Å²) in [5.41, 5.74) is 1.99. The number of carbonyl (C=O) groups is 2. The molecule has 0 fully saturated rings. The van der Waals surface area contributed by atoms with E-state index in [4.69, 9.17) is 0 Å². The first kappa shape index (κ1) is 27.3. The largest absolute Gasteiger partial charge is 0.291 e. The third kappa shape index (κ3) is 6.38. The highest BCUT2D eigenvalue weighted by atomic mass is 33.1. The Morgan fingerprint density at radius 3 is 1.97 bits per heavy atom. The molecule has 0 aromatic carbocycles. The van der Waals surface area contributed by atoms with Crippen LogP contribution in [0.25, 0.3) is 12.2 Å². The molecule has 2 aliphatic rings. The Morgan fingerprint density at radius 2 is 1.42 bits per heavy atom. The number of aromatic nitrogens is 2. The Morgan fingerprint density at radius 1 is 0.842 bits per heavy atom. The lowest BCUT2D eigenvalue weighted by atomic mass is 10.1. The summed E-state index contributed by atoms with van der Waals surface area (Å²) in [5, 5.41) is 0.577. The molecule has 4 rings (SSSR count). The van der Waals surface area contributed by atoms with Crippen molar-refractivity contribution >= 4 is 56.6 Å². The van der Waals surface area contributed by atoms with E-state index < -0.39 is 0 Å². The summed E-state index contributed by atoms with van der Waals surface area (Å²) in [6.07, 6.45) is 10.6. The molecule has 0 aliphatic carbocycles. The van der Waals surface area contributed by atoms with Gasteiger partial charge in [-0.25, -0.2) is 9.98 Å². The van der Waals surface area contributed by atoms with Crippen molar-refractivity contribution < 1.29 is 9.59 Å². The lowest BCUT2D eigenvalue weighted by molar-refractivity contribution is -0.123. The number of amidine groups is 2. The van der Waals surface area contributed by atoms with Gasteiger partial charge in [-0.15, -0.1) is 13.2 Å². The van der Waals surface area contributed by atoms with Gasteiger partial charge in [-0.3, -0.25) is 29.4 Å². The van der Waals surface area contributed by atoms with Gasteiger partial charge in [0.1, 0.15) is 17.2 Å². The van der Waals surface area contributed by atoms with Gasteiger partial charge < -0.3 is 0 Å². The normalized spacial score (nSPS) is 18.2. The predicted molar refractivity (Wildman–Crippen MR) is 157 cm³/mol. The number of hydrogen-bond acceptors (Lipinski definition) is 8. The van der Waals surface area contributed by atoms with Gasteiger partial charge in [0, 0.05) is 37.2 Å². The maximum atomic E-state index is 13.1. The lowest BCUT2D eigenvalue weighted by Gasteiger charge is -2.23. The Labute approximate surface area is 230 Å². The van der Waals surface area contributed by atoms with Gasteiger partial charge >= 0.3 is 0 Å². The van der Waals surface area contributed by atoms with Crippen LogP contribution in [0.2, 0.25) is 0 Å². The first-order valence-electron chi connectivity index (χ1n) is 11.9. The molecule has 2 amide bonds. The number of nitrogens with zero attached hydrogens (tertiary/aromatic N) is 6. The van der Waals surface area contributed by atoms with Crippen LogP contribution in [-0.2, 0) is 9.59 Å². The van der Waals surface area contributed by atoms with Crippen LogP contribution < -0.4 is 0 Å². The number of pyridine rings is 2. The quantitative estimate of drug-likeness (QED) is 0.228. The minimum Gasteiger partial charge on any atom is -0.291 e. The molecule has 193 valence electrons. The minimum atomic E-state index is -0.195. The van der Waals surface area contributed by atoms with Crippen molar-refractivity contribution in [3.8, 4) is 0 Å². The van der Waals surface area contributed by atoms with Gasteiger partial charge in [0.05, 0.1) is 11.4 Å². The minimum absolute atomic E-state index is 0.0971. The first-order chi connectivity index (χ1) is 18.5. The molecule has 4 heterocycles. The van der Waals surface area contributed by atoms with E-state index in [-0.39, 0.29) is 17.7 Å². The topological polar surface area (TPSA) is 91.1 Å². The summed E-state index contributed by atoms with van der Waals surface area (Å²) in [6, 6.07) is 11.0. The molecule has 2 aliphatic heterocycles. The van der Waals surface area contributed by atoms with Crippen LogP contribution in [-0.4, -0.2) is 61.4 Å². The molecule has 2 aromatic rings. The molecule has 10 heteroatoms. The van der Waals surface area contributed by atoms with E-state index in [1.807, 2.05) is 36.4 Å². The Bertz CT molecular complexity index is 1320. The highest BCUT2D eigenvalue weighted by molar-refractivity contribution is 8.82. The van der Waals surface area contributed by atoms with Gasteiger partial charge in [-0.1, -0.05) is 42.0 Å². The second kappa shape index (κ2) is 13.2. The average Bonchev–Trinajstić information content (AvgIpc) is 3.39. The van der Waals surface area contributed by atoms with Crippen molar-refractivity contribution in [2.75, 3.05) is 18.8 Å². The molecule has 1 atom stereocenters. The maximum Gasteiger partial charge on any atom is 0.278 e.